The van der Waals surface area contributed by atoms with Crippen molar-refractivity contribution < 1.29 is 0 Å². The molecule has 0 N–H and O–H groups in total. The molecule has 0 aliphatic carbocycles. The lowest BCUT2D eigenvalue weighted by molar-refractivity contribution is 0.484. The molecule has 60 valence electrons. The van der Waals surface area contributed by atoms with Crippen LogP contribution >= 0.6 is 0 Å². The monoisotopic (exact) mass is 150 g/mol. The quantitative estimate of drug-likeness (QED) is 0.596. The predicted molar refractivity (Wildman–Crippen MR) is 44.5 cm³/mol. The molecule has 0 aromatic carbocycles. The van der Waals surface area contributed by atoms with Crippen LogP contribution in [0.3, 0.4) is 0 Å². The fourth-order valence-corrected chi connectivity index (χ4v) is 1.78. The van der Waals surface area contributed by atoms with Crippen molar-refractivity contribution in [1.29, 1.82) is 0 Å². The number of hydrogen-bond acceptors (Lipinski definition) is 1. The van der Waals surface area contributed by atoms with Gasteiger partial charge in [-0.3, -0.25) is 4.68 Å². The van der Waals surface area contributed by atoms with Crippen LogP contribution in [0.15, 0.2) is 6.20 Å². The SMILES string of the molecule is CCc1cnn2c1CCCC2. The minimum Gasteiger partial charge on any atom is -0.269 e. The van der Waals surface area contributed by atoms with Crippen molar-refractivity contribution in [2.24, 2.45) is 0 Å². The molecule has 0 unspecified atom stereocenters. The Kier molecular flexibility index (Phi) is 1.68. The molecule has 1 aromatic rings. The molecule has 0 saturated carbocycles. The van der Waals surface area contributed by atoms with Crippen molar-refractivity contribution in [3.63, 3.8) is 0 Å². The Morgan fingerprint density at radius 3 is 3.27 bits per heavy atom. The Morgan fingerprint density at radius 1 is 1.55 bits per heavy atom. The minimum absolute atomic E-state index is 1.13. The Morgan fingerprint density at radius 2 is 2.45 bits per heavy atom. The molecular weight excluding hydrogens is 136 g/mol. The summed E-state index contributed by atoms with van der Waals surface area (Å²) in [6.07, 6.45) is 7.05. The molecule has 0 bridgehead atoms. The van der Waals surface area contributed by atoms with Crippen molar-refractivity contribution in [3.8, 4) is 0 Å². The molecule has 1 aromatic heterocycles. The molecule has 2 rings (SSSR count). The Balaban J connectivity index is 2.38. The summed E-state index contributed by atoms with van der Waals surface area (Å²) in [5.74, 6) is 0. The van der Waals surface area contributed by atoms with Gasteiger partial charge in [-0.25, -0.2) is 0 Å². The van der Waals surface area contributed by atoms with Crippen molar-refractivity contribution in [2.45, 2.75) is 39.2 Å². The second-order valence-corrected chi connectivity index (χ2v) is 3.15. The Labute approximate surface area is 67.2 Å². The van der Waals surface area contributed by atoms with Crippen LogP contribution in [0.4, 0.5) is 0 Å². The zero-order valence-corrected chi connectivity index (χ0v) is 7.01. The van der Waals surface area contributed by atoms with E-state index in [1.54, 1.807) is 0 Å². The summed E-state index contributed by atoms with van der Waals surface area (Å²) in [6, 6.07) is 0. The predicted octanol–water partition coefficient (Wildman–Crippen LogP) is 1.78. The fraction of sp³-hybridized carbons (Fsp3) is 0.667. The summed E-state index contributed by atoms with van der Waals surface area (Å²) < 4.78 is 2.17. The first-order valence-electron chi connectivity index (χ1n) is 4.45. The standard InChI is InChI=1S/C9H14N2/c1-2-8-7-10-11-6-4-3-5-9(8)11/h7H,2-6H2,1H3. The number of nitrogens with zero attached hydrogens (tertiary/aromatic N) is 2. The van der Waals surface area contributed by atoms with E-state index in [0.717, 1.165) is 13.0 Å². The average molecular weight is 150 g/mol. The van der Waals surface area contributed by atoms with Crippen LogP contribution < -0.4 is 0 Å². The molecule has 2 heterocycles. The highest BCUT2D eigenvalue weighted by molar-refractivity contribution is 5.18. The van der Waals surface area contributed by atoms with Gasteiger partial charge in [0.1, 0.15) is 0 Å². The second-order valence-electron chi connectivity index (χ2n) is 3.15. The number of hydrogen-bond donors (Lipinski definition) is 0. The third kappa shape index (κ3) is 1.06. The van der Waals surface area contributed by atoms with Gasteiger partial charge in [0.15, 0.2) is 0 Å². The summed E-state index contributed by atoms with van der Waals surface area (Å²) in [7, 11) is 0. The molecule has 0 radical (unpaired) electrons. The largest absolute Gasteiger partial charge is 0.269 e. The highest BCUT2D eigenvalue weighted by Crippen LogP contribution is 2.17. The van der Waals surface area contributed by atoms with Crippen molar-refractivity contribution in [3.05, 3.63) is 17.5 Å². The van der Waals surface area contributed by atoms with E-state index < -0.39 is 0 Å². The van der Waals surface area contributed by atoms with E-state index in [9.17, 15) is 0 Å². The highest BCUT2D eigenvalue weighted by Gasteiger charge is 2.12. The second kappa shape index (κ2) is 2.68. The number of fused-ring (bicyclic) bond motifs is 1. The van der Waals surface area contributed by atoms with E-state index >= 15 is 0 Å². The number of aromatic nitrogens is 2. The van der Waals surface area contributed by atoms with E-state index in [1.807, 2.05) is 6.20 Å². The van der Waals surface area contributed by atoms with Crippen molar-refractivity contribution in [2.75, 3.05) is 0 Å². The first kappa shape index (κ1) is 6.89. The van der Waals surface area contributed by atoms with E-state index in [2.05, 4.69) is 16.7 Å². The molecule has 1 aliphatic rings. The number of rotatable bonds is 1. The first-order valence-corrected chi connectivity index (χ1v) is 4.45. The minimum atomic E-state index is 1.13. The molecule has 0 saturated heterocycles. The Bertz CT molecular complexity index is 237. The lowest BCUT2D eigenvalue weighted by atomic mass is 10.1. The zero-order chi connectivity index (χ0) is 7.68. The molecule has 0 atom stereocenters. The summed E-state index contributed by atoms with van der Waals surface area (Å²) in [4.78, 5) is 0. The summed E-state index contributed by atoms with van der Waals surface area (Å²) in [5.41, 5.74) is 2.93. The maximum atomic E-state index is 4.34. The molecule has 2 nitrogen and oxygen atoms in total. The topological polar surface area (TPSA) is 17.8 Å². The van der Waals surface area contributed by atoms with Gasteiger partial charge in [0, 0.05) is 12.2 Å². The van der Waals surface area contributed by atoms with Crippen LogP contribution in [0, 0.1) is 0 Å². The average Bonchev–Trinajstić information content (AvgIpc) is 2.47. The van der Waals surface area contributed by atoms with Gasteiger partial charge in [-0.2, -0.15) is 5.10 Å². The van der Waals surface area contributed by atoms with Gasteiger partial charge >= 0.3 is 0 Å². The lowest BCUT2D eigenvalue weighted by Crippen LogP contribution is -2.11. The van der Waals surface area contributed by atoms with Crippen molar-refractivity contribution in [1.82, 2.24) is 9.78 Å². The smallest absolute Gasteiger partial charge is 0.0524 e. The normalized spacial score (nSPS) is 16.5. The molecule has 0 amide bonds. The summed E-state index contributed by atoms with van der Waals surface area (Å²) in [5, 5.41) is 4.34. The highest BCUT2D eigenvalue weighted by atomic mass is 15.3. The van der Waals surface area contributed by atoms with Gasteiger partial charge in [0.25, 0.3) is 0 Å². The van der Waals surface area contributed by atoms with E-state index in [-0.39, 0.29) is 0 Å². The van der Waals surface area contributed by atoms with E-state index in [4.69, 9.17) is 0 Å². The van der Waals surface area contributed by atoms with Crippen LogP contribution in [-0.4, -0.2) is 9.78 Å². The van der Waals surface area contributed by atoms with Crippen LogP contribution in [0.1, 0.15) is 31.0 Å². The third-order valence-electron chi connectivity index (χ3n) is 2.45. The maximum Gasteiger partial charge on any atom is 0.0524 e. The van der Waals surface area contributed by atoms with E-state index in [0.29, 0.717) is 0 Å². The molecule has 0 spiro atoms. The molecule has 11 heavy (non-hydrogen) atoms. The molecule has 2 heteroatoms. The van der Waals surface area contributed by atoms with Crippen LogP contribution in [0.5, 0.6) is 0 Å². The fourth-order valence-electron chi connectivity index (χ4n) is 1.78. The van der Waals surface area contributed by atoms with Crippen molar-refractivity contribution >= 4 is 0 Å². The van der Waals surface area contributed by atoms with Crippen LogP contribution in [-0.2, 0) is 19.4 Å². The third-order valence-corrected chi connectivity index (χ3v) is 2.45. The van der Waals surface area contributed by atoms with Gasteiger partial charge in [-0.15, -0.1) is 0 Å². The van der Waals surface area contributed by atoms with Gasteiger partial charge in [0.05, 0.1) is 6.20 Å². The Hall–Kier alpha value is -0.790. The zero-order valence-electron chi connectivity index (χ0n) is 7.01. The summed E-state index contributed by atoms with van der Waals surface area (Å²) >= 11 is 0. The van der Waals surface area contributed by atoms with Crippen LogP contribution in [0.2, 0.25) is 0 Å². The van der Waals surface area contributed by atoms with Gasteiger partial charge < -0.3 is 0 Å². The molecule has 0 fully saturated rings. The van der Waals surface area contributed by atoms with Gasteiger partial charge in [-0.05, 0) is 31.2 Å². The molecular formula is C9H14N2. The first-order chi connectivity index (χ1) is 5.42. The van der Waals surface area contributed by atoms with Crippen LogP contribution in [0.25, 0.3) is 0 Å². The molecule has 1 aliphatic heterocycles. The van der Waals surface area contributed by atoms with E-state index in [1.165, 1.54) is 30.5 Å². The lowest BCUT2D eigenvalue weighted by Gasteiger charge is -2.13. The van der Waals surface area contributed by atoms with Gasteiger partial charge in [-0.1, -0.05) is 6.92 Å². The number of aryl methyl sites for hydroxylation is 2. The van der Waals surface area contributed by atoms with Gasteiger partial charge in [0.2, 0.25) is 0 Å². The summed E-state index contributed by atoms with van der Waals surface area (Å²) in [6.45, 7) is 3.34. The maximum absolute atomic E-state index is 4.34.